The van der Waals surface area contributed by atoms with Gasteiger partial charge >= 0.3 is 5.97 Å². The second-order valence-electron chi connectivity index (χ2n) is 5.67. The van der Waals surface area contributed by atoms with Crippen LogP contribution in [0.3, 0.4) is 0 Å². The highest BCUT2D eigenvalue weighted by atomic mass is 32.2. The minimum absolute atomic E-state index is 0.0136. The maximum atomic E-state index is 12.2. The van der Waals surface area contributed by atoms with Crippen molar-refractivity contribution in [1.82, 2.24) is 14.9 Å². The minimum Gasteiger partial charge on any atom is -0.452 e. The van der Waals surface area contributed by atoms with Crippen molar-refractivity contribution in [2.24, 2.45) is 0 Å². The highest BCUT2D eigenvalue weighted by Gasteiger charge is 2.19. The third-order valence-corrected chi connectivity index (χ3v) is 4.78. The lowest BCUT2D eigenvalue weighted by Gasteiger charge is -2.10. The van der Waals surface area contributed by atoms with Gasteiger partial charge in [0.25, 0.3) is 5.89 Å². The minimum atomic E-state index is -3.79. The lowest BCUT2D eigenvalue weighted by molar-refractivity contribution is -0.149. The number of ether oxygens (including phenoxy) is 1. The van der Waals surface area contributed by atoms with Crippen LogP contribution in [0.25, 0.3) is 0 Å². The largest absolute Gasteiger partial charge is 0.452 e. The van der Waals surface area contributed by atoms with Crippen LogP contribution >= 0.6 is 0 Å². The van der Waals surface area contributed by atoms with Crippen LogP contribution in [0.1, 0.15) is 38.1 Å². The van der Waals surface area contributed by atoms with E-state index in [-0.39, 0.29) is 29.7 Å². The number of esters is 1. The van der Waals surface area contributed by atoms with Crippen molar-refractivity contribution in [3.05, 3.63) is 36.0 Å². The number of anilines is 1. The number of nitrogens with one attached hydrogen (secondary N) is 2. The second kappa shape index (κ2) is 8.73. The summed E-state index contributed by atoms with van der Waals surface area (Å²) in [6, 6.07) is 5.65. The molecule has 1 amide bonds. The number of hydrogen-bond donors (Lipinski definition) is 2. The summed E-state index contributed by atoms with van der Waals surface area (Å²) in [4.78, 5) is 26.8. The monoisotopic (exact) mass is 396 g/mol. The highest BCUT2D eigenvalue weighted by Crippen LogP contribution is 2.16. The number of aryl methyl sites for hydroxylation is 1. The number of benzene rings is 1. The molecule has 1 heterocycles. The first-order chi connectivity index (χ1) is 12.7. The topological polar surface area (TPSA) is 140 Å². The fourth-order valence-electron chi connectivity index (χ4n) is 2.08. The molecule has 2 rings (SSSR count). The maximum absolute atomic E-state index is 12.2. The number of sulfonamides is 1. The maximum Gasteiger partial charge on any atom is 0.307 e. The van der Waals surface area contributed by atoms with E-state index in [0.29, 0.717) is 11.5 Å². The number of rotatable bonds is 8. The molecule has 10 nitrogen and oxygen atoms in total. The standard InChI is InChI=1S/C16H20N4O6S/c1-10(16-18-11(2)20-26-16)25-15(22)8-9-17-27(23,24)14-6-4-13(5-7-14)19-12(3)21/h4-7,10,17H,8-9H2,1-3H3,(H,19,21). The summed E-state index contributed by atoms with van der Waals surface area (Å²) in [6.07, 6.45) is -0.891. The first kappa shape index (κ1) is 20.5. The Labute approximate surface area is 156 Å². The molecule has 2 N–H and O–H groups in total. The predicted molar refractivity (Wildman–Crippen MR) is 94.1 cm³/mol. The first-order valence-corrected chi connectivity index (χ1v) is 9.52. The van der Waals surface area contributed by atoms with Crippen molar-refractivity contribution in [1.29, 1.82) is 0 Å². The number of hydrogen-bond acceptors (Lipinski definition) is 8. The molecule has 0 aliphatic rings. The van der Waals surface area contributed by atoms with Crippen LogP contribution in [0.5, 0.6) is 0 Å². The molecule has 1 unspecified atom stereocenters. The molecule has 0 bridgehead atoms. The fourth-order valence-corrected chi connectivity index (χ4v) is 3.11. The van der Waals surface area contributed by atoms with Gasteiger partial charge in [0.2, 0.25) is 15.9 Å². The molecule has 0 saturated heterocycles. The highest BCUT2D eigenvalue weighted by molar-refractivity contribution is 7.89. The molecule has 0 saturated carbocycles. The van der Waals surface area contributed by atoms with Crippen LogP contribution in [0, 0.1) is 6.92 Å². The summed E-state index contributed by atoms with van der Waals surface area (Å²) in [5, 5.41) is 6.14. The van der Waals surface area contributed by atoms with Gasteiger partial charge in [0, 0.05) is 19.2 Å². The van der Waals surface area contributed by atoms with Gasteiger partial charge in [-0.3, -0.25) is 9.59 Å². The van der Waals surface area contributed by atoms with Crippen molar-refractivity contribution in [2.75, 3.05) is 11.9 Å². The van der Waals surface area contributed by atoms with Gasteiger partial charge in [0.05, 0.1) is 11.3 Å². The van der Waals surface area contributed by atoms with E-state index in [1.807, 2.05) is 0 Å². The van der Waals surface area contributed by atoms with Crippen molar-refractivity contribution in [3.8, 4) is 0 Å². The smallest absolute Gasteiger partial charge is 0.307 e. The van der Waals surface area contributed by atoms with Gasteiger partial charge in [-0.05, 0) is 38.1 Å². The Kier molecular flexibility index (Phi) is 6.64. The molecule has 11 heteroatoms. The molecule has 0 fully saturated rings. The van der Waals surface area contributed by atoms with Crippen LogP contribution in [0.2, 0.25) is 0 Å². The summed E-state index contributed by atoms with van der Waals surface area (Å²) in [7, 11) is -3.79. The van der Waals surface area contributed by atoms with Crippen LogP contribution < -0.4 is 10.0 Å². The summed E-state index contributed by atoms with van der Waals surface area (Å²) >= 11 is 0. The molecule has 1 atom stereocenters. The molecule has 27 heavy (non-hydrogen) atoms. The Balaban J connectivity index is 1.84. The zero-order valence-electron chi connectivity index (χ0n) is 15.1. The van der Waals surface area contributed by atoms with E-state index in [4.69, 9.17) is 9.26 Å². The second-order valence-corrected chi connectivity index (χ2v) is 7.43. The van der Waals surface area contributed by atoms with Gasteiger partial charge in [-0.1, -0.05) is 5.16 Å². The lowest BCUT2D eigenvalue weighted by atomic mass is 10.3. The van der Waals surface area contributed by atoms with Crippen molar-refractivity contribution in [3.63, 3.8) is 0 Å². The Bertz CT molecular complexity index is 907. The molecule has 146 valence electrons. The SMILES string of the molecule is CC(=O)Nc1ccc(S(=O)(=O)NCCC(=O)OC(C)c2nc(C)no2)cc1. The van der Waals surface area contributed by atoms with E-state index < -0.39 is 22.1 Å². The third kappa shape index (κ3) is 6.15. The van der Waals surface area contributed by atoms with E-state index in [2.05, 4.69) is 20.2 Å². The number of carbonyl (C=O) groups excluding carboxylic acids is 2. The van der Waals surface area contributed by atoms with Crippen LogP contribution in [0.4, 0.5) is 5.69 Å². The van der Waals surface area contributed by atoms with Crippen molar-refractivity contribution >= 4 is 27.6 Å². The van der Waals surface area contributed by atoms with E-state index in [1.165, 1.54) is 31.2 Å². The van der Waals surface area contributed by atoms with Crippen molar-refractivity contribution in [2.45, 2.75) is 38.2 Å². The molecule has 1 aromatic heterocycles. The summed E-state index contributed by atoms with van der Waals surface area (Å²) in [5.74, 6) is -0.278. The fraction of sp³-hybridized carbons (Fsp3) is 0.375. The molecule has 0 aliphatic carbocycles. The van der Waals surface area contributed by atoms with E-state index in [1.54, 1.807) is 13.8 Å². The van der Waals surface area contributed by atoms with Crippen LogP contribution in [-0.2, 0) is 24.3 Å². The number of amides is 1. The van der Waals surface area contributed by atoms with Crippen molar-refractivity contribution < 1.29 is 27.3 Å². The molecule has 2 aromatic rings. The zero-order chi connectivity index (χ0) is 20.0. The van der Waals surface area contributed by atoms with Crippen LogP contribution in [0.15, 0.2) is 33.7 Å². The molecule has 0 radical (unpaired) electrons. The predicted octanol–water partition coefficient (Wildman–Crippen LogP) is 1.31. The van der Waals surface area contributed by atoms with Gasteiger partial charge in [-0.15, -0.1) is 0 Å². The van der Waals surface area contributed by atoms with Gasteiger partial charge in [0.1, 0.15) is 0 Å². The number of aromatic nitrogens is 2. The molecule has 0 aliphatic heterocycles. The Hall–Kier alpha value is -2.79. The average Bonchev–Trinajstić information content (AvgIpc) is 3.01. The molecular formula is C16H20N4O6S. The zero-order valence-corrected chi connectivity index (χ0v) is 15.9. The van der Waals surface area contributed by atoms with E-state index in [0.717, 1.165) is 0 Å². The Morgan fingerprint density at radius 3 is 2.48 bits per heavy atom. The van der Waals surface area contributed by atoms with E-state index in [9.17, 15) is 18.0 Å². The third-order valence-electron chi connectivity index (χ3n) is 3.31. The average molecular weight is 396 g/mol. The number of carbonyl (C=O) groups is 2. The van der Waals surface area contributed by atoms with Gasteiger partial charge in [0.15, 0.2) is 11.9 Å². The van der Waals surface area contributed by atoms with Gasteiger partial charge < -0.3 is 14.6 Å². The summed E-state index contributed by atoms with van der Waals surface area (Å²) in [6.45, 7) is 4.43. The molecule has 0 spiro atoms. The summed E-state index contributed by atoms with van der Waals surface area (Å²) in [5.41, 5.74) is 0.482. The van der Waals surface area contributed by atoms with Gasteiger partial charge in [-0.25, -0.2) is 13.1 Å². The van der Waals surface area contributed by atoms with Gasteiger partial charge in [-0.2, -0.15) is 4.98 Å². The molecule has 1 aromatic carbocycles. The summed E-state index contributed by atoms with van der Waals surface area (Å²) < 4.78 is 36.7. The Morgan fingerprint density at radius 2 is 1.93 bits per heavy atom. The lowest BCUT2D eigenvalue weighted by Crippen LogP contribution is -2.27. The molecular weight excluding hydrogens is 376 g/mol. The quantitative estimate of drug-likeness (QED) is 0.636. The van der Waals surface area contributed by atoms with Crippen LogP contribution in [-0.4, -0.2) is 37.0 Å². The first-order valence-electron chi connectivity index (χ1n) is 8.04. The normalized spacial score (nSPS) is 12.4. The Morgan fingerprint density at radius 1 is 1.26 bits per heavy atom. The number of nitrogens with zero attached hydrogens (tertiary/aromatic N) is 2. The van der Waals surface area contributed by atoms with E-state index >= 15 is 0 Å².